The van der Waals surface area contributed by atoms with Crippen LogP contribution in [0.2, 0.25) is 0 Å². The zero-order chi connectivity index (χ0) is 15.5. The number of nitriles is 1. The van der Waals surface area contributed by atoms with E-state index in [1.54, 1.807) is 18.1 Å². The molecule has 0 amide bonds. The molecule has 2 aromatic carbocycles. The number of aryl methyl sites for hydroxylation is 1. The van der Waals surface area contributed by atoms with E-state index >= 15 is 0 Å². The molecule has 4 heteroatoms. The Balaban J connectivity index is 1.88. The molecule has 0 fully saturated rings. The molecule has 0 spiro atoms. The van der Waals surface area contributed by atoms with E-state index < -0.39 is 0 Å². The number of aromatic nitrogens is 1. The van der Waals surface area contributed by atoms with Gasteiger partial charge in [0.15, 0.2) is 0 Å². The molecule has 3 rings (SSSR count). The summed E-state index contributed by atoms with van der Waals surface area (Å²) in [7, 11) is 0. The number of anilines is 1. The standard InChI is InChI=1S/C18H15N3S/c1-3-13-5-7-15(8-6-13)22-21-16-9-4-12(2)17-14(10-19)11-20-18(16)17/h3-9,11,20-21H,1H2,2H3. The number of benzene rings is 2. The van der Waals surface area contributed by atoms with Gasteiger partial charge in [-0.05, 0) is 48.2 Å². The minimum Gasteiger partial charge on any atom is -0.358 e. The zero-order valence-corrected chi connectivity index (χ0v) is 13.0. The third-order valence-electron chi connectivity index (χ3n) is 3.56. The Morgan fingerprint density at radius 3 is 2.68 bits per heavy atom. The van der Waals surface area contributed by atoms with Crippen LogP contribution in [-0.2, 0) is 0 Å². The van der Waals surface area contributed by atoms with Gasteiger partial charge in [0.2, 0.25) is 0 Å². The predicted octanol–water partition coefficient (Wildman–Crippen LogP) is 5.11. The molecule has 0 aliphatic rings. The number of nitrogens with one attached hydrogen (secondary N) is 2. The maximum absolute atomic E-state index is 9.19. The maximum Gasteiger partial charge on any atom is 0.101 e. The lowest BCUT2D eigenvalue weighted by Crippen LogP contribution is -1.89. The molecule has 1 aromatic heterocycles. The lowest BCUT2D eigenvalue weighted by molar-refractivity contribution is 1.44. The summed E-state index contributed by atoms with van der Waals surface area (Å²) in [5.41, 5.74) is 4.81. The quantitative estimate of drug-likeness (QED) is 0.658. The van der Waals surface area contributed by atoms with Crippen molar-refractivity contribution in [2.24, 2.45) is 0 Å². The first-order valence-electron chi connectivity index (χ1n) is 6.89. The van der Waals surface area contributed by atoms with Crippen LogP contribution in [0.3, 0.4) is 0 Å². The van der Waals surface area contributed by atoms with Crippen LogP contribution < -0.4 is 4.72 Å². The Morgan fingerprint density at radius 1 is 1.23 bits per heavy atom. The first-order valence-corrected chi connectivity index (χ1v) is 7.70. The van der Waals surface area contributed by atoms with Crippen molar-refractivity contribution in [1.82, 2.24) is 4.98 Å². The Labute approximate surface area is 133 Å². The lowest BCUT2D eigenvalue weighted by atomic mass is 10.1. The van der Waals surface area contributed by atoms with Gasteiger partial charge in [0.1, 0.15) is 6.07 Å². The smallest absolute Gasteiger partial charge is 0.101 e. The molecule has 3 nitrogen and oxygen atoms in total. The Bertz CT molecular complexity index is 870. The van der Waals surface area contributed by atoms with Gasteiger partial charge in [-0.3, -0.25) is 0 Å². The molecule has 0 radical (unpaired) electrons. The molecular weight excluding hydrogens is 290 g/mol. The highest BCUT2D eigenvalue weighted by atomic mass is 32.2. The van der Waals surface area contributed by atoms with Gasteiger partial charge < -0.3 is 9.71 Å². The lowest BCUT2D eigenvalue weighted by Gasteiger charge is -2.08. The van der Waals surface area contributed by atoms with E-state index in [0.29, 0.717) is 5.56 Å². The highest BCUT2D eigenvalue weighted by molar-refractivity contribution is 8.00. The normalized spacial score (nSPS) is 10.4. The van der Waals surface area contributed by atoms with Crippen LogP contribution in [0, 0.1) is 18.3 Å². The molecule has 0 aliphatic carbocycles. The van der Waals surface area contributed by atoms with Gasteiger partial charge in [0.05, 0.1) is 16.8 Å². The van der Waals surface area contributed by atoms with Crippen LogP contribution in [0.15, 0.2) is 54.1 Å². The van der Waals surface area contributed by atoms with E-state index in [4.69, 9.17) is 0 Å². The Kier molecular flexibility index (Phi) is 3.90. The highest BCUT2D eigenvalue weighted by Crippen LogP contribution is 2.31. The van der Waals surface area contributed by atoms with Gasteiger partial charge in [-0.2, -0.15) is 5.26 Å². The number of fused-ring (bicyclic) bond motifs is 1. The van der Waals surface area contributed by atoms with Crippen molar-refractivity contribution in [3.05, 3.63) is 65.9 Å². The topological polar surface area (TPSA) is 51.6 Å². The van der Waals surface area contributed by atoms with Crippen molar-refractivity contribution < 1.29 is 0 Å². The summed E-state index contributed by atoms with van der Waals surface area (Å²) in [4.78, 5) is 4.31. The first-order chi connectivity index (χ1) is 10.7. The van der Waals surface area contributed by atoms with E-state index in [1.165, 1.54) is 0 Å². The van der Waals surface area contributed by atoms with Gasteiger partial charge in [0.25, 0.3) is 0 Å². The summed E-state index contributed by atoms with van der Waals surface area (Å²) >= 11 is 1.54. The number of aromatic amines is 1. The van der Waals surface area contributed by atoms with Crippen molar-refractivity contribution in [2.75, 3.05) is 4.72 Å². The van der Waals surface area contributed by atoms with Crippen molar-refractivity contribution in [3.8, 4) is 6.07 Å². The van der Waals surface area contributed by atoms with Crippen LogP contribution >= 0.6 is 11.9 Å². The average molecular weight is 305 g/mol. The number of hydrogen-bond donors (Lipinski definition) is 2. The fraction of sp³-hybridized carbons (Fsp3) is 0.0556. The van der Waals surface area contributed by atoms with Crippen LogP contribution in [0.1, 0.15) is 16.7 Å². The zero-order valence-electron chi connectivity index (χ0n) is 12.2. The van der Waals surface area contributed by atoms with Gasteiger partial charge in [0, 0.05) is 16.5 Å². The second kappa shape index (κ2) is 6.00. The summed E-state index contributed by atoms with van der Waals surface area (Å²) in [5, 5.41) is 10.2. The average Bonchev–Trinajstić information content (AvgIpc) is 3.00. The first kappa shape index (κ1) is 14.3. The summed E-state index contributed by atoms with van der Waals surface area (Å²) < 4.78 is 3.36. The molecule has 1 heterocycles. The third kappa shape index (κ3) is 2.59. The van der Waals surface area contributed by atoms with Crippen molar-refractivity contribution in [3.63, 3.8) is 0 Å². The second-order valence-electron chi connectivity index (χ2n) is 4.97. The fourth-order valence-electron chi connectivity index (χ4n) is 2.38. The van der Waals surface area contributed by atoms with E-state index in [-0.39, 0.29) is 0 Å². The molecule has 0 aliphatic heterocycles. The molecule has 2 N–H and O–H groups in total. The molecule has 0 atom stereocenters. The highest BCUT2D eigenvalue weighted by Gasteiger charge is 2.10. The maximum atomic E-state index is 9.19. The molecule has 0 saturated heterocycles. The number of H-pyrrole nitrogens is 1. The number of hydrogen-bond acceptors (Lipinski definition) is 3. The fourth-order valence-corrected chi connectivity index (χ4v) is 3.05. The molecular formula is C18H15N3S. The monoisotopic (exact) mass is 305 g/mol. The molecule has 3 aromatic rings. The Hall–Kier alpha value is -2.64. The van der Waals surface area contributed by atoms with Gasteiger partial charge in [-0.15, -0.1) is 0 Å². The van der Waals surface area contributed by atoms with Crippen molar-refractivity contribution in [1.29, 1.82) is 5.26 Å². The molecule has 108 valence electrons. The summed E-state index contributed by atoms with van der Waals surface area (Å²) in [5.74, 6) is 0. The summed E-state index contributed by atoms with van der Waals surface area (Å²) in [6.45, 7) is 5.77. The SMILES string of the molecule is C=Cc1ccc(SNc2ccc(C)c3c(C#N)c[nH]c23)cc1. The van der Waals surface area contributed by atoms with Gasteiger partial charge >= 0.3 is 0 Å². The largest absolute Gasteiger partial charge is 0.358 e. The van der Waals surface area contributed by atoms with Crippen LogP contribution in [0.25, 0.3) is 17.0 Å². The molecule has 0 unspecified atom stereocenters. The van der Waals surface area contributed by atoms with Crippen molar-refractivity contribution in [2.45, 2.75) is 11.8 Å². The minimum absolute atomic E-state index is 0.677. The summed E-state index contributed by atoms with van der Waals surface area (Å²) in [6.07, 6.45) is 3.58. The van der Waals surface area contributed by atoms with E-state index in [1.807, 2.05) is 37.3 Å². The summed E-state index contributed by atoms with van der Waals surface area (Å²) in [6, 6.07) is 14.5. The van der Waals surface area contributed by atoms with E-state index in [2.05, 4.69) is 34.5 Å². The Morgan fingerprint density at radius 2 is 2.00 bits per heavy atom. The second-order valence-corrected chi connectivity index (χ2v) is 5.85. The van der Waals surface area contributed by atoms with Crippen molar-refractivity contribution >= 4 is 34.6 Å². The molecule has 22 heavy (non-hydrogen) atoms. The minimum atomic E-state index is 0.677. The number of rotatable bonds is 4. The molecule has 0 saturated carbocycles. The van der Waals surface area contributed by atoms with Crippen LogP contribution in [-0.4, -0.2) is 4.98 Å². The molecule has 0 bridgehead atoms. The van der Waals surface area contributed by atoms with Crippen LogP contribution in [0.4, 0.5) is 5.69 Å². The van der Waals surface area contributed by atoms with E-state index in [0.717, 1.165) is 32.6 Å². The van der Waals surface area contributed by atoms with E-state index in [9.17, 15) is 5.26 Å². The van der Waals surface area contributed by atoms with Crippen LogP contribution in [0.5, 0.6) is 0 Å². The predicted molar refractivity (Wildman–Crippen MR) is 93.8 cm³/mol. The third-order valence-corrected chi connectivity index (χ3v) is 4.39. The van der Waals surface area contributed by atoms with Gasteiger partial charge in [-0.1, -0.05) is 30.9 Å². The number of nitrogens with zero attached hydrogens (tertiary/aromatic N) is 1. The van der Waals surface area contributed by atoms with Gasteiger partial charge in [-0.25, -0.2) is 0 Å².